The summed E-state index contributed by atoms with van der Waals surface area (Å²) in [5.41, 5.74) is 0. The van der Waals surface area contributed by atoms with E-state index in [1.807, 2.05) is 0 Å². The summed E-state index contributed by atoms with van der Waals surface area (Å²) in [7, 11) is 0. The molecule has 1 aliphatic rings. The van der Waals surface area contributed by atoms with E-state index in [0.29, 0.717) is 25.6 Å². The van der Waals surface area contributed by atoms with E-state index in [4.69, 9.17) is 5.11 Å². The van der Waals surface area contributed by atoms with Crippen molar-refractivity contribution in [2.24, 2.45) is 5.92 Å². The van der Waals surface area contributed by atoms with Crippen LogP contribution in [0.1, 0.15) is 12.8 Å². The minimum absolute atomic E-state index is 0.250. The first-order chi connectivity index (χ1) is 8.58. The second kappa shape index (κ2) is 6.83. The summed E-state index contributed by atoms with van der Waals surface area (Å²) in [6, 6.07) is -0.260. The molecule has 0 aliphatic heterocycles. The zero-order chi connectivity index (χ0) is 13.5. The van der Waals surface area contributed by atoms with E-state index in [0.717, 1.165) is 12.8 Å². The van der Waals surface area contributed by atoms with Gasteiger partial charge < -0.3 is 14.9 Å². The fourth-order valence-corrected chi connectivity index (χ4v) is 1.73. The molecule has 0 aromatic rings. The first kappa shape index (κ1) is 14.3. The van der Waals surface area contributed by atoms with Crippen LogP contribution in [-0.4, -0.2) is 53.1 Å². The lowest BCUT2D eigenvalue weighted by Crippen LogP contribution is -2.46. The van der Waals surface area contributed by atoms with Gasteiger partial charge in [-0.2, -0.15) is 0 Å². The van der Waals surface area contributed by atoms with Gasteiger partial charge in [0.25, 0.3) is 0 Å². The summed E-state index contributed by atoms with van der Waals surface area (Å²) >= 11 is 0. The first-order valence-corrected chi connectivity index (χ1v) is 6.06. The molecule has 0 bridgehead atoms. The van der Waals surface area contributed by atoms with Crippen LogP contribution in [0.15, 0.2) is 25.3 Å². The van der Waals surface area contributed by atoms with Gasteiger partial charge in [0.1, 0.15) is 6.54 Å². The van der Waals surface area contributed by atoms with Gasteiger partial charge in [-0.1, -0.05) is 12.2 Å². The largest absolute Gasteiger partial charge is 0.480 e. The van der Waals surface area contributed by atoms with Crippen molar-refractivity contribution in [2.75, 3.05) is 26.2 Å². The fraction of sp³-hybridized carbons (Fsp3) is 0.538. The Morgan fingerprint density at radius 1 is 1.17 bits per heavy atom. The van der Waals surface area contributed by atoms with Crippen LogP contribution < -0.4 is 0 Å². The van der Waals surface area contributed by atoms with Crippen molar-refractivity contribution in [3.63, 3.8) is 0 Å². The average Bonchev–Trinajstić information content (AvgIpc) is 3.10. The predicted octanol–water partition coefficient (Wildman–Crippen LogP) is 1.58. The molecule has 1 fully saturated rings. The van der Waals surface area contributed by atoms with Gasteiger partial charge in [-0.25, -0.2) is 4.79 Å². The SMILES string of the molecule is C=CCN(CC=C)C(=O)N(CC(=O)O)CC1CC1. The van der Waals surface area contributed by atoms with Crippen molar-refractivity contribution in [1.29, 1.82) is 0 Å². The highest BCUT2D eigenvalue weighted by molar-refractivity contribution is 5.80. The number of carboxylic acids is 1. The molecule has 0 aromatic carbocycles. The van der Waals surface area contributed by atoms with Crippen LogP contribution in [0.2, 0.25) is 0 Å². The molecule has 1 aliphatic carbocycles. The number of carbonyl (C=O) groups is 2. The maximum atomic E-state index is 12.2. The Balaban J connectivity index is 2.66. The molecule has 1 N–H and O–H groups in total. The molecule has 0 radical (unpaired) electrons. The van der Waals surface area contributed by atoms with E-state index in [2.05, 4.69) is 13.2 Å². The maximum Gasteiger partial charge on any atom is 0.323 e. The highest BCUT2D eigenvalue weighted by Gasteiger charge is 2.29. The second-order valence-electron chi connectivity index (χ2n) is 4.48. The van der Waals surface area contributed by atoms with Crippen LogP contribution in [-0.2, 0) is 4.79 Å². The Labute approximate surface area is 107 Å². The molecule has 5 heteroatoms. The highest BCUT2D eigenvalue weighted by Crippen LogP contribution is 2.29. The number of carboxylic acid groups (broad SMARTS) is 1. The highest BCUT2D eigenvalue weighted by atomic mass is 16.4. The third-order valence-corrected chi connectivity index (χ3v) is 2.74. The van der Waals surface area contributed by atoms with E-state index in [-0.39, 0.29) is 12.6 Å². The number of carbonyl (C=O) groups excluding carboxylic acids is 1. The van der Waals surface area contributed by atoms with Crippen LogP contribution >= 0.6 is 0 Å². The van der Waals surface area contributed by atoms with E-state index in [1.54, 1.807) is 12.2 Å². The van der Waals surface area contributed by atoms with Crippen molar-refractivity contribution < 1.29 is 14.7 Å². The van der Waals surface area contributed by atoms with Gasteiger partial charge in [0.05, 0.1) is 0 Å². The topological polar surface area (TPSA) is 60.9 Å². The number of rotatable bonds is 8. The van der Waals surface area contributed by atoms with Crippen molar-refractivity contribution in [3.05, 3.63) is 25.3 Å². The monoisotopic (exact) mass is 252 g/mol. The predicted molar refractivity (Wildman–Crippen MR) is 69.3 cm³/mol. The summed E-state index contributed by atoms with van der Waals surface area (Å²) in [5.74, 6) is -0.524. The molecule has 2 amide bonds. The molecular formula is C13H20N2O3. The van der Waals surface area contributed by atoms with Gasteiger partial charge in [0.2, 0.25) is 0 Å². The Kier molecular flexibility index (Phi) is 5.42. The molecule has 0 unspecified atom stereocenters. The van der Waals surface area contributed by atoms with Gasteiger partial charge in [-0.05, 0) is 18.8 Å². The lowest BCUT2D eigenvalue weighted by Gasteiger charge is -2.28. The summed E-state index contributed by atoms with van der Waals surface area (Å²) in [4.78, 5) is 25.9. The van der Waals surface area contributed by atoms with Gasteiger partial charge in [0, 0.05) is 19.6 Å². The van der Waals surface area contributed by atoms with Gasteiger partial charge in [0.15, 0.2) is 0 Å². The Morgan fingerprint density at radius 3 is 2.11 bits per heavy atom. The molecule has 5 nitrogen and oxygen atoms in total. The van der Waals surface area contributed by atoms with Crippen molar-refractivity contribution >= 4 is 12.0 Å². The Bertz CT molecular complexity index is 327. The van der Waals surface area contributed by atoms with Crippen molar-refractivity contribution in [1.82, 2.24) is 9.80 Å². The van der Waals surface area contributed by atoms with Crippen LogP contribution in [0.25, 0.3) is 0 Å². The number of hydrogen-bond acceptors (Lipinski definition) is 2. The molecule has 0 heterocycles. The zero-order valence-corrected chi connectivity index (χ0v) is 10.5. The van der Waals surface area contributed by atoms with E-state index < -0.39 is 5.97 Å². The van der Waals surface area contributed by atoms with Crippen LogP contribution in [0.5, 0.6) is 0 Å². The molecule has 0 spiro atoms. The van der Waals surface area contributed by atoms with Crippen molar-refractivity contribution in [2.45, 2.75) is 12.8 Å². The third kappa shape index (κ3) is 4.61. The van der Waals surface area contributed by atoms with E-state index >= 15 is 0 Å². The number of aliphatic carboxylic acids is 1. The smallest absolute Gasteiger partial charge is 0.323 e. The lowest BCUT2D eigenvalue weighted by molar-refractivity contribution is -0.137. The summed E-state index contributed by atoms with van der Waals surface area (Å²) in [6.45, 7) is 8.25. The fourth-order valence-electron chi connectivity index (χ4n) is 1.73. The van der Waals surface area contributed by atoms with Crippen molar-refractivity contribution in [3.8, 4) is 0 Å². The second-order valence-corrected chi connectivity index (χ2v) is 4.48. The van der Waals surface area contributed by atoms with E-state index in [9.17, 15) is 9.59 Å². The minimum Gasteiger partial charge on any atom is -0.480 e. The average molecular weight is 252 g/mol. The molecule has 0 atom stereocenters. The van der Waals surface area contributed by atoms with Crippen LogP contribution in [0.4, 0.5) is 4.79 Å². The van der Waals surface area contributed by atoms with Crippen LogP contribution in [0, 0.1) is 5.92 Å². The molecular weight excluding hydrogens is 232 g/mol. The minimum atomic E-state index is -0.985. The number of hydrogen-bond donors (Lipinski definition) is 1. The quantitative estimate of drug-likeness (QED) is 0.667. The molecule has 0 aromatic heterocycles. The van der Waals surface area contributed by atoms with Gasteiger partial charge in [-0.3, -0.25) is 4.79 Å². The molecule has 100 valence electrons. The van der Waals surface area contributed by atoms with E-state index in [1.165, 1.54) is 9.80 Å². The Morgan fingerprint density at radius 2 is 1.72 bits per heavy atom. The molecule has 1 saturated carbocycles. The Hall–Kier alpha value is -1.78. The zero-order valence-electron chi connectivity index (χ0n) is 10.5. The standard InChI is InChI=1S/C13H20N2O3/c1-3-7-14(8-4-2)13(18)15(10-12(16)17)9-11-5-6-11/h3-4,11H,1-2,5-10H2,(H,16,17). The normalized spacial score (nSPS) is 13.8. The first-order valence-electron chi connectivity index (χ1n) is 6.06. The summed E-state index contributed by atoms with van der Waals surface area (Å²) < 4.78 is 0. The van der Waals surface area contributed by atoms with Gasteiger partial charge >= 0.3 is 12.0 Å². The summed E-state index contributed by atoms with van der Waals surface area (Å²) in [5, 5.41) is 8.85. The number of urea groups is 1. The van der Waals surface area contributed by atoms with Crippen LogP contribution in [0.3, 0.4) is 0 Å². The maximum absolute atomic E-state index is 12.2. The number of amides is 2. The van der Waals surface area contributed by atoms with Gasteiger partial charge in [-0.15, -0.1) is 13.2 Å². The molecule has 18 heavy (non-hydrogen) atoms. The molecule has 0 saturated heterocycles. The lowest BCUT2D eigenvalue weighted by atomic mass is 10.3. The molecule has 1 rings (SSSR count). The third-order valence-electron chi connectivity index (χ3n) is 2.74. The summed E-state index contributed by atoms with van der Waals surface area (Å²) in [6.07, 6.45) is 5.40. The number of nitrogens with zero attached hydrogens (tertiary/aromatic N) is 2.